The molecule has 1 atom stereocenters. The molecule has 10 heteroatoms. The van der Waals surface area contributed by atoms with Crippen molar-refractivity contribution in [2.24, 2.45) is 0 Å². The first-order valence-electron chi connectivity index (χ1n) is 10.3. The van der Waals surface area contributed by atoms with Crippen molar-refractivity contribution in [3.8, 4) is 0 Å². The molecule has 0 aliphatic carbocycles. The molecule has 3 aromatic rings. The Labute approximate surface area is 188 Å². The van der Waals surface area contributed by atoms with E-state index in [1.165, 1.54) is 6.20 Å². The summed E-state index contributed by atoms with van der Waals surface area (Å²) in [5.74, 6) is 0.229. The molecule has 0 spiro atoms. The minimum absolute atomic E-state index is 0.304. The lowest BCUT2D eigenvalue weighted by molar-refractivity contribution is 0.0981. The van der Waals surface area contributed by atoms with E-state index in [0.29, 0.717) is 54.6 Å². The number of anilines is 1. The van der Waals surface area contributed by atoms with Crippen molar-refractivity contribution in [1.29, 1.82) is 0 Å². The summed E-state index contributed by atoms with van der Waals surface area (Å²) >= 11 is 0. The number of nitrogens with one attached hydrogen (secondary N) is 1. The van der Waals surface area contributed by atoms with Gasteiger partial charge in [-0.1, -0.05) is 18.2 Å². The van der Waals surface area contributed by atoms with Crippen molar-refractivity contribution < 1.29 is 18.5 Å². The zero-order valence-electron chi connectivity index (χ0n) is 17.6. The molecule has 3 heterocycles. The molecule has 2 amide bonds. The minimum Gasteiger partial charge on any atom is -0.450 e. The van der Waals surface area contributed by atoms with Gasteiger partial charge in [-0.15, -0.1) is 0 Å². The number of carbonyl (C=O) groups is 2. The number of hydrogen-bond donors (Lipinski definition) is 1. The van der Waals surface area contributed by atoms with Crippen LogP contribution < -0.4 is 9.62 Å². The third-order valence-corrected chi connectivity index (χ3v) is 6.22. The topological polar surface area (TPSA) is 105 Å². The van der Waals surface area contributed by atoms with Gasteiger partial charge in [-0.2, -0.15) is 0 Å². The van der Waals surface area contributed by atoms with Crippen LogP contribution in [0.4, 0.5) is 10.6 Å². The van der Waals surface area contributed by atoms with Gasteiger partial charge in [0.15, 0.2) is 11.0 Å². The molecule has 0 radical (unpaired) electrons. The lowest BCUT2D eigenvalue weighted by atomic mass is 10.2. The monoisotopic (exact) mass is 453 g/mol. The van der Waals surface area contributed by atoms with Crippen molar-refractivity contribution in [1.82, 2.24) is 19.6 Å². The lowest BCUT2D eigenvalue weighted by Gasteiger charge is -2.34. The Morgan fingerprint density at radius 2 is 1.84 bits per heavy atom. The Morgan fingerprint density at radius 1 is 1.06 bits per heavy atom. The fourth-order valence-corrected chi connectivity index (χ4v) is 4.41. The molecule has 1 N–H and O–H groups in total. The molecule has 9 nitrogen and oxygen atoms in total. The van der Waals surface area contributed by atoms with Gasteiger partial charge in [0.05, 0.1) is 22.6 Å². The molecular weight excluding hydrogens is 430 g/mol. The zero-order chi connectivity index (χ0) is 22.5. The smallest absolute Gasteiger partial charge is 0.409 e. The second-order valence-corrected chi connectivity index (χ2v) is 8.29. The largest absolute Gasteiger partial charge is 0.450 e. The van der Waals surface area contributed by atoms with E-state index in [1.807, 2.05) is 17.0 Å². The quantitative estimate of drug-likeness (QED) is 0.632. The lowest BCUT2D eigenvalue weighted by Crippen LogP contribution is -2.49. The van der Waals surface area contributed by atoms with E-state index in [1.54, 1.807) is 48.4 Å². The fraction of sp³-hybridized carbons (Fsp3) is 0.273. The molecule has 1 fully saturated rings. The Hall–Kier alpha value is -3.53. The van der Waals surface area contributed by atoms with Crippen LogP contribution in [0.5, 0.6) is 0 Å². The molecule has 166 valence electrons. The maximum atomic E-state index is 12.8. The van der Waals surface area contributed by atoms with E-state index in [-0.39, 0.29) is 6.09 Å². The Morgan fingerprint density at radius 3 is 2.56 bits per heavy atom. The number of hydrogen-bond acceptors (Lipinski definition) is 7. The van der Waals surface area contributed by atoms with Crippen molar-refractivity contribution >= 4 is 39.7 Å². The maximum Gasteiger partial charge on any atom is 0.409 e. The first kappa shape index (κ1) is 21.7. The van der Waals surface area contributed by atoms with Gasteiger partial charge in [-0.05, 0) is 31.2 Å². The predicted octanol–water partition coefficient (Wildman–Crippen LogP) is 2.36. The number of piperazine rings is 1. The summed E-state index contributed by atoms with van der Waals surface area (Å²) in [6.07, 6.45) is 2.78. The molecule has 4 rings (SSSR count). The average molecular weight is 454 g/mol. The first-order chi connectivity index (χ1) is 15.6. The number of para-hydroxylation sites is 1. The molecule has 1 aromatic carbocycles. The number of pyridine rings is 2. The summed E-state index contributed by atoms with van der Waals surface area (Å²) in [5.41, 5.74) is 0.893. The van der Waals surface area contributed by atoms with Crippen LogP contribution in [0, 0.1) is 0 Å². The number of nitrogens with zero attached hydrogens (tertiary/aromatic N) is 4. The normalized spacial score (nSPS) is 14.8. The van der Waals surface area contributed by atoms with E-state index >= 15 is 0 Å². The number of benzene rings is 1. The predicted molar refractivity (Wildman–Crippen MR) is 121 cm³/mol. The highest BCUT2D eigenvalue weighted by Gasteiger charge is 2.23. The third-order valence-electron chi connectivity index (χ3n) is 5.12. The molecule has 1 saturated heterocycles. The third kappa shape index (κ3) is 4.70. The van der Waals surface area contributed by atoms with Crippen LogP contribution in [0.1, 0.15) is 17.3 Å². The van der Waals surface area contributed by atoms with Crippen LogP contribution in [-0.2, 0) is 15.7 Å². The average Bonchev–Trinajstić information content (AvgIpc) is 2.84. The van der Waals surface area contributed by atoms with Gasteiger partial charge in [-0.25, -0.2) is 14.0 Å². The van der Waals surface area contributed by atoms with Gasteiger partial charge in [0, 0.05) is 44.0 Å². The Kier molecular flexibility index (Phi) is 6.60. The van der Waals surface area contributed by atoms with E-state index in [4.69, 9.17) is 4.74 Å². The summed E-state index contributed by atoms with van der Waals surface area (Å²) in [7, 11) is -1.76. The fourth-order valence-electron chi connectivity index (χ4n) is 3.46. The molecule has 0 bridgehead atoms. The number of rotatable bonds is 5. The van der Waals surface area contributed by atoms with Crippen LogP contribution in [0.2, 0.25) is 0 Å². The Balaban J connectivity index is 1.38. The van der Waals surface area contributed by atoms with E-state index < -0.39 is 16.9 Å². The van der Waals surface area contributed by atoms with Crippen molar-refractivity contribution in [2.75, 3.05) is 37.7 Å². The highest BCUT2D eigenvalue weighted by Crippen LogP contribution is 2.19. The SMILES string of the molecule is CCOC(=O)N1CCN(c2ccc(C(=O)NS(=O)c3cccc4cccnc34)cn2)CC1. The molecule has 2 aromatic heterocycles. The van der Waals surface area contributed by atoms with Gasteiger partial charge in [0.1, 0.15) is 5.82 Å². The molecule has 32 heavy (non-hydrogen) atoms. The number of ether oxygens (including phenoxy) is 1. The van der Waals surface area contributed by atoms with Crippen molar-refractivity contribution in [3.63, 3.8) is 0 Å². The van der Waals surface area contributed by atoms with Crippen molar-refractivity contribution in [3.05, 3.63) is 60.4 Å². The van der Waals surface area contributed by atoms with E-state index in [2.05, 4.69) is 14.7 Å². The van der Waals surface area contributed by atoms with Gasteiger partial charge >= 0.3 is 6.09 Å². The molecule has 1 aliphatic rings. The molecule has 1 unspecified atom stereocenters. The number of aromatic nitrogens is 2. The van der Waals surface area contributed by atoms with E-state index in [0.717, 1.165) is 5.39 Å². The second-order valence-electron chi connectivity index (χ2n) is 7.11. The highest BCUT2D eigenvalue weighted by atomic mass is 32.2. The molecular formula is C22H23N5O4S. The second kappa shape index (κ2) is 9.73. The number of carbonyl (C=O) groups excluding carboxylic acids is 2. The van der Waals surface area contributed by atoms with Gasteiger partial charge in [0.25, 0.3) is 5.91 Å². The van der Waals surface area contributed by atoms with Gasteiger partial charge in [0.2, 0.25) is 0 Å². The van der Waals surface area contributed by atoms with Crippen molar-refractivity contribution in [2.45, 2.75) is 11.8 Å². The summed E-state index contributed by atoms with van der Waals surface area (Å²) in [6, 6.07) is 12.4. The highest BCUT2D eigenvalue weighted by molar-refractivity contribution is 7.84. The summed E-state index contributed by atoms with van der Waals surface area (Å²) < 4.78 is 20.3. The van der Waals surface area contributed by atoms with Crippen LogP contribution in [0.3, 0.4) is 0 Å². The maximum absolute atomic E-state index is 12.8. The standard InChI is InChI=1S/C22H23N5O4S/c1-2-31-22(29)27-13-11-26(12-14-27)19-9-8-17(15-24-19)21(28)25-32(30)18-7-3-5-16-6-4-10-23-20(16)18/h3-10,15H,2,11-14H2,1H3,(H,25,28). The Bertz CT molecular complexity index is 1140. The van der Waals surface area contributed by atoms with E-state index in [9.17, 15) is 13.8 Å². The van der Waals surface area contributed by atoms with Crippen LogP contribution >= 0.6 is 0 Å². The summed E-state index contributed by atoms with van der Waals surface area (Å²) in [5, 5.41) is 0.849. The zero-order valence-corrected chi connectivity index (χ0v) is 18.4. The summed E-state index contributed by atoms with van der Waals surface area (Å²) in [4.78, 5) is 37.2. The van der Waals surface area contributed by atoms with Gasteiger partial charge < -0.3 is 14.5 Å². The van der Waals surface area contributed by atoms with Crippen LogP contribution in [0.15, 0.2) is 59.8 Å². The van der Waals surface area contributed by atoms with Gasteiger partial charge in [-0.3, -0.25) is 14.5 Å². The number of fused-ring (bicyclic) bond motifs is 1. The van der Waals surface area contributed by atoms with Crippen LogP contribution in [-0.4, -0.2) is 63.9 Å². The molecule has 0 saturated carbocycles. The minimum atomic E-state index is -1.76. The molecule has 1 aliphatic heterocycles. The van der Waals surface area contributed by atoms with Crippen LogP contribution in [0.25, 0.3) is 10.9 Å². The number of amides is 2. The summed E-state index contributed by atoms with van der Waals surface area (Å²) in [6.45, 7) is 4.46. The first-order valence-corrected chi connectivity index (χ1v) is 11.4.